The Labute approximate surface area is 118 Å². The Morgan fingerprint density at radius 2 is 1.74 bits per heavy atom. The lowest BCUT2D eigenvalue weighted by molar-refractivity contribution is 0.0783. The summed E-state index contributed by atoms with van der Waals surface area (Å²) in [6.45, 7) is 0.405. The topological polar surface area (TPSA) is 20.3 Å². The van der Waals surface area contributed by atoms with Crippen molar-refractivity contribution >= 4 is 21.8 Å². The number of alkyl halides is 1. The van der Waals surface area contributed by atoms with E-state index in [4.69, 9.17) is 0 Å². The Bertz CT molecular complexity index is 431. The zero-order chi connectivity index (χ0) is 14.4. The Morgan fingerprint density at radius 1 is 1.16 bits per heavy atom. The van der Waals surface area contributed by atoms with E-state index in [2.05, 4.69) is 15.9 Å². The first-order chi connectivity index (χ1) is 8.97. The maximum Gasteiger partial charge on any atom is 0.259 e. The molecule has 0 unspecified atom stereocenters. The van der Waals surface area contributed by atoms with Crippen LogP contribution in [0.25, 0.3) is 0 Å². The fourth-order valence-corrected chi connectivity index (χ4v) is 2.06. The maximum atomic E-state index is 13.4. The van der Waals surface area contributed by atoms with E-state index in [1.165, 1.54) is 11.9 Å². The third-order valence-corrected chi connectivity index (χ3v) is 3.26. The molecule has 0 radical (unpaired) electrons. The van der Waals surface area contributed by atoms with Crippen LogP contribution in [0.15, 0.2) is 12.1 Å². The number of amides is 1. The summed E-state index contributed by atoms with van der Waals surface area (Å²) in [6.07, 6.45) is 2.64. The number of carbonyl (C=O) groups excluding carboxylic acids is 1. The van der Waals surface area contributed by atoms with Crippen LogP contribution in [-0.2, 0) is 0 Å². The van der Waals surface area contributed by atoms with Crippen LogP contribution in [0.5, 0.6) is 0 Å². The number of rotatable bonds is 6. The molecule has 0 spiro atoms. The maximum absolute atomic E-state index is 13.4. The van der Waals surface area contributed by atoms with Crippen molar-refractivity contribution in [2.75, 3.05) is 18.9 Å². The zero-order valence-corrected chi connectivity index (χ0v) is 12.1. The van der Waals surface area contributed by atoms with Gasteiger partial charge in [0.1, 0.15) is 23.0 Å². The summed E-state index contributed by atoms with van der Waals surface area (Å²) in [5.41, 5.74) is -0.704. The highest BCUT2D eigenvalue weighted by atomic mass is 79.9. The van der Waals surface area contributed by atoms with Gasteiger partial charge in [-0.15, -0.1) is 0 Å². The molecule has 106 valence electrons. The number of unbranched alkanes of at least 4 members (excludes halogenated alkanes) is 2. The molecule has 1 amide bonds. The van der Waals surface area contributed by atoms with Crippen LogP contribution in [0.1, 0.15) is 29.6 Å². The van der Waals surface area contributed by atoms with Gasteiger partial charge in [0.05, 0.1) is 0 Å². The Kier molecular flexibility index (Phi) is 6.34. The van der Waals surface area contributed by atoms with E-state index in [0.717, 1.165) is 24.6 Å². The van der Waals surface area contributed by atoms with Crippen LogP contribution in [0.3, 0.4) is 0 Å². The van der Waals surface area contributed by atoms with Crippen molar-refractivity contribution in [3.63, 3.8) is 0 Å². The van der Waals surface area contributed by atoms with E-state index < -0.39 is 28.9 Å². The first kappa shape index (κ1) is 16.0. The van der Waals surface area contributed by atoms with Crippen molar-refractivity contribution in [1.82, 2.24) is 4.90 Å². The molecular weight excluding hydrogens is 323 g/mol. The average molecular weight is 338 g/mol. The highest BCUT2D eigenvalue weighted by Gasteiger charge is 2.21. The predicted molar refractivity (Wildman–Crippen MR) is 70.9 cm³/mol. The first-order valence-corrected chi connectivity index (χ1v) is 7.05. The number of halogens is 4. The number of hydrogen-bond acceptors (Lipinski definition) is 1. The Hall–Kier alpha value is -1.04. The fourth-order valence-electron chi connectivity index (χ4n) is 1.66. The molecule has 0 aliphatic rings. The number of nitrogens with zero attached hydrogens (tertiary/aromatic N) is 1. The summed E-state index contributed by atoms with van der Waals surface area (Å²) in [6, 6.07) is 1.02. The second kappa shape index (κ2) is 7.53. The minimum Gasteiger partial charge on any atom is -0.342 e. The van der Waals surface area contributed by atoms with Crippen LogP contribution in [0.4, 0.5) is 13.2 Å². The predicted octanol–water partition coefficient (Wildman–Crippen LogP) is 3.74. The summed E-state index contributed by atoms with van der Waals surface area (Å²) in [7, 11) is 1.47. The fraction of sp³-hybridized carbons (Fsp3) is 0.462. The SMILES string of the molecule is CN(CCCCCBr)C(=O)c1c(F)cc(F)cc1F. The van der Waals surface area contributed by atoms with Gasteiger partial charge in [-0.25, -0.2) is 13.2 Å². The molecule has 0 saturated heterocycles. The molecule has 0 heterocycles. The number of hydrogen-bond donors (Lipinski definition) is 0. The monoisotopic (exact) mass is 337 g/mol. The van der Waals surface area contributed by atoms with E-state index in [1.54, 1.807) is 0 Å². The lowest BCUT2D eigenvalue weighted by Crippen LogP contribution is -2.29. The van der Waals surface area contributed by atoms with Gasteiger partial charge in [0.25, 0.3) is 5.91 Å². The van der Waals surface area contributed by atoms with Gasteiger partial charge in [0, 0.05) is 31.1 Å². The van der Waals surface area contributed by atoms with Crippen LogP contribution in [0, 0.1) is 17.5 Å². The normalized spacial score (nSPS) is 10.6. The molecule has 0 atom stereocenters. The van der Waals surface area contributed by atoms with Gasteiger partial charge >= 0.3 is 0 Å². The lowest BCUT2D eigenvalue weighted by Gasteiger charge is -2.17. The Morgan fingerprint density at radius 3 is 2.26 bits per heavy atom. The third-order valence-electron chi connectivity index (χ3n) is 2.69. The van der Waals surface area contributed by atoms with Crippen LogP contribution < -0.4 is 0 Å². The minimum absolute atomic E-state index is 0.405. The van der Waals surface area contributed by atoms with Crippen molar-refractivity contribution in [1.29, 1.82) is 0 Å². The zero-order valence-electron chi connectivity index (χ0n) is 10.6. The van der Waals surface area contributed by atoms with Crippen LogP contribution in [0.2, 0.25) is 0 Å². The van der Waals surface area contributed by atoms with E-state index in [0.29, 0.717) is 18.7 Å². The smallest absolute Gasteiger partial charge is 0.259 e. The van der Waals surface area contributed by atoms with Crippen molar-refractivity contribution in [2.24, 2.45) is 0 Å². The second-order valence-electron chi connectivity index (χ2n) is 4.22. The number of benzene rings is 1. The lowest BCUT2D eigenvalue weighted by atomic mass is 10.1. The van der Waals surface area contributed by atoms with Gasteiger partial charge in [-0.3, -0.25) is 4.79 Å². The van der Waals surface area contributed by atoms with Crippen LogP contribution >= 0.6 is 15.9 Å². The quantitative estimate of drug-likeness (QED) is 0.572. The molecule has 0 bridgehead atoms. The van der Waals surface area contributed by atoms with Crippen LogP contribution in [-0.4, -0.2) is 29.7 Å². The molecule has 0 saturated carbocycles. The molecule has 0 fully saturated rings. The highest BCUT2D eigenvalue weighted by molar-refractivity contribution is 9.09. The minimum atomic E-state index is -1.17. The number of carbonyl (C=O) groups is 1. The van der Waals surface area contributed by atoms with Crippen molar-refractivity contribution in [3.8, 4) is 0 Å². The summed E-state index contributed by atoms with van der Waals surface area (Å²) < 4.78 is 39.6. The average Bonchev–Trinajstić information content (AvgIpc) is 2.33. The van der Waals surface area contributed by atoms with E-state index in [1.807, 2.05) is 0 Å². The highest BCUT2D eigenvalue weighted by Crippen LogP contribution is 2.16. The standard InChI is InChI=1S/C13H15BrF3NO/c1-18(6-4-2-3-5-14)13(19)12-10(16)7-9(15)8-11(12)17/h7-8H,2-6H2,1H3. The van der Waals surface area contributed by atoms with Crippen molar-refractivity contribution in [2.45, 2.75) is 19.3 Å². The van der Waals surface area contributed by atoms with E-state index in [-0.39, 0.29) is 0 Å². The molecule has 0 N–H and O–H groups in total. The molecule has 0 aromatic heterocycles. The van der Waals surface area contributed by atoms with Gasteiger partial charge in [0.2, 0.25) is 0 Å². The summed E-state index contributed by atoms with van der Waals surface area (Å²) in [4.78, 5) is 13.1. The van der Waals surface area contributed by atoms with Gasteiger partial charge < -0.3 is 4.90 Å². The van der Waals surface area contributed by atoms with E-state index in [9.17, 15) is 18.0 Å². The van der Waals surface area contributed by atoms with E-state index >= 15 is 0 Å². The van der Waals surface area contributed by atoms with Crippen molar-refractivity contribution in [3.05, 3.63) is 35.1 Å². The summed E-state index contributed by atoms with van der Waals surface area (Å²) in [5.74, 6) is -4.15. The van der Waals surface area contributed by atoms with Gasteiger partial charge in [-0.05, 0) is 12.8 Å². The Balaban J connectivity index is 2.72. The van der Waals surface area contributed by atoms with Crippen molar-refractivity contribution < 1.29 is 18.0 Å². The summed E-state index contributed by atoms with van der Waals surface area (Å²) in [5, 5.41) is 0.881. The molecule has 1 aromatic rings. The third kappa shape index (κ3) is 4.53. The molecule has 0 aliphatic carbocycles. The molecule has 2 nitrogen and oxygen atoms in total. The van der Waals surface area contributed by atoms with Gasteiger partial charge in [0.15, 0.2) is 0 Å². The molecule has 1 aromatic carbocycles. The summed E-state index contributed by atoms with van der Waals surface area (Å²) >= 11 is 3.29. The molecular formula is C13H15BrF3NO. The molecule has 0 aliphatic heterocycles. The largest absolute Gasteiger partial charge is 0.342 e. The molecule has 6 heteroatoms. The van der Waals surface area contributed by atoms with Gasteiger partial charge in [-0.2, -0.15) is 0 Å². The molecule has 1 rings (SSSR count). The molecule has 19 heavy (non-hydrogen) atoms. The first-order valence-electron chi connectivity index (χ1n) is 5.93. The van der Waals surface area contributed by atoms with Gasteiger partial charge in [-0.1, -0.05) is 22.4 Å². The second-order valence-corrected chi connectivity index (χ2v) is 5.01.